The molecule has 3 aromatic rings. The van der Waals surface area contributed by atoms with Crippen LogP contribution in [0.5, 0.6) is 0 Å². The van der Waals surface area contributed by atoms with E-state index in [-0.39, 0.29) is 18.0 Å². The van der Waals surface area contributed by atoms with Gasteiger partial charge in [0.1, 0.15) is 0 Å². The number of sulfonamides is 1. The Morgan fingerprint density at radius 1 is 0.871 bits per heavy atom. The zero-order valence-corrected chi connectivity index (χ0v) is 19.8. The first kappa shape index (κ1) is 23.8. The molecule has 3 rings (SSSR count). The molecule has 8 heteroatoms. The van der Waals surface area contributed by atoms with Crippen LogP contribution in [0.4, 0.5) is 0 Å². The summed E-state index contributed by atoms with van der Waals surface area (Å²) in [5.74, 6) is 0. The lowest BCUT2D eigenvalue weighted by Crippen LogP contribution is -2.25. The molecule has 0 bridgehead atoms. The summed E-state index contributed by atoms with van der Waals surface area (Å²) in [5.41, 5.74) is 2.02. The Balaban J connectivity index is 1.56. The zero-order chi connectivity index (χ0) is 22.2. The summed E-state index contributed by atoms with van der Waals surface area (Å²) >= 11 is 5.81. The zero-order valence-electron chi connectivity index (χ0n) is 17.3. The largest absolute Gasteiger partial charge is 0.326 e. The maximum atomic E-state index is 12.4. The van der Waals surface area contributed by atoms with Gasteiger partial charge in [-0.2, -0.15) is 0 Å². The van der Waals surface area contributed by atoms with Crippen LogP contribution in [-0.4, -0.2) is 21.6 Å². The van der Waals surface area contributed by atoms with E-state index in [9.17, 15) is 8.42 Å². The number of hydrogen-bond donors (Lipinski definition) is 1. The molecule has 0 heterocycles. The predicted molar refractivity (Wildman–Crippen MR) is 129 cm³/mol. The lowest BCUT2D eigenvalue weighted by Gasteiger charge is -2.23. The molecule has 5 nitrogen and oxygen atoms in total. The highest BCUT2D eigenvalue weighted by molar-refractivity contribution is 8.13. The van der Waals surface area contributed by atoms with Gasteiger partial charge in [-0.05, 0) is 55.0 Å². The van der Waals surface area contributed by atoms with Gasteiger partial charge in [-0.15, -0.1) is 0 Å². The summed E-state index contributed by atoms with van der Waals surface area (Å²) < 4.78 is 39.5. The quantitative estimate of drug-likeness (QED) is 0.326. The summed E-state index contributed by atoms with van der Waals surface area (Å²) in [4.78, 5) is 0.250. The van der Waals surface area contributed by atoms with Gasteiger partial charge in [0, 0.05) is 11.8 Å². The van der Waals surface area contributed by atoms with Crippen molar-refractivity contribution in [2.24, 2.45) is 0 Å². The third-order valence-electron chi connectivity index (χ3n) is 4.52. The number of nitrogens with one attached hydrogen (secondary N) is 1. The van der Waals surface area contributed by atoms with Crippen molar-refractivity contribution in [1.82, 2.24) is 4.72 Å². The molecule has 0 amide bonds. The van der Waals surface area contributed by atoms with Gasteiger partial charge in [0.25, 0.3) is 0 Å². The molecule has 0 fully saturated rings. The minimum atomic E-state index is -3.55. The Hall–Kier alpha value is -1.86. The van der Waals surface area contributed by atoms with E-state index in [1.54, 1.807) is 24.3 Å². The fourth-order valence-corrected chi connectivity index (χ4v) is 6.21. The van der Waals surface area contributed by atoms with E-state index >= 15 is 0 Å². The molecule has 0 aromatic heterocycles. The molecule has 1 atom stereocenters. The second kappa shape index (κ2) is 11.1. The van der Waals surface area contributed by atoms with Crippen molar-refractivity contribution in [3.8, 4) is 0 Å². The number of benzene rings is 3. The van der Waals surface area contributed by atoms with Crippen molar-refractivity contribution < 1.29 is 17.5 Å². The van der Waals surface area contributed by atoms with Gasteiger partial charge in [0.2, 0.25) is 16.5 Å². The van der Waals surface area contributed by atoms with Gasteiger partial charge < -0.3 is 9.05 Å². The van der Waals surface area contributed by atoms with Gasteiger partial charge in [-0.3, -0.25) is 0 Å². The fraction of sp³-hybridized carbons (Fsp3) is 0.217. The first-order chi connectivity index (χ1) is 14.9. The van der Waals surface area contributed by atoms with Crippen LogP contribution < -0.4 is 10.0 Å². The Kier molecular flexibility index (Phi) is 8.55. The maximum Gasteiger partial charge on any atom is 0.240 e. The van der Waals surface area contributed by atoms with Crippen LogP contribution in [-0.2, 0) is 37.5 Å². The third kappa shape index (κ3) is 7.07. The lowest BCUT2D eigenvalue weighted by atomic mass is 10.2. The average molecular weight is 476 g/mol. The summed E-state index contributed by atoms with van der Waals surface area (Å²) in [6.45, 7) is 0.0814. The SMILES string of the molecule is Cc1ccc(S(=O)(=O)NCCCOP(=S)(OCc2ccccc2)c2ccccc2)cc1. The maximum absolute atomic E-state index is 12.4. The smallest absolute Gasteiger partial charge is 0.240 e. The molecule has 1 unspecified atom stereocenters. The highest BCUT2D eigenvalue weighted by Crippen LogP contribution is 2.48. The van der Waals surface area contributed by atoms with Crippen LogP contribution in [0.15, 0.2) is 89.8 Å². The van der Waals surface area contributed by atoms with E-state index in [0.717, 1.165) is 16.4 Å². The summed E-state index contributed by atoms with van der Waals surface area (Å²) in [6, 6.07) is 26.1. The highest BCUT2D eigenvalue weighted by Gasteiger charge is 2.22. The molecule has 0 aliphatic heterocycles. The predicted octanol–water partition coefficient (Wildman–Crippen LogP) is 4.53. The number of hydrogen-bond acceptors (Lipinski definition) is 5. The molecule has 164 valence electrons. The number of aryl methyl sites for hydroxylation is 1. The molecular formula is C23H26NO4PS2. The summed E-state index contributed by atoms with van der Waals surface area (Å²) in [6.07, 6.45) is 0.477. The van der Waals surface area contributed by atoms with Gasteiger partial charge in [0.15, 0.2) is 0 Å². The van der Waals surface area contributed by atoms with E-state index in [4.69, 9.17) is 20.9 Å². The van der Waals surface area contributed by atoms with Crippen molar-refractivity contribution in [1.29, 1.82) is 0 Å². The van der Waals surface area contributed by atoms with E-state index in [1.807, 2.05) is 67.6 Å². The van der Waals surface area contributed by atoms with Crippen LogP contribution in [0.25, 0.3) is 0 Å². The monoisotopic (exact) mass is 475 g/mol. The van der Waals surface area contributed by atoms with Crippen molar-refractivity contribution in [3.05, 3.63) is 96.1 Å². The minimum absolute atomic E-state index is 0.249. The highest BCUT2D eigenvalue weighted by atomic mass is 32.5. The van der Waals surface area contributed by atoms with E-state index in [1.165, 1.54) is 0 Å². The van der Waals surface area contributed by atoms with Crippen LogP contribution in [0.1, 0.15) is 17.5 Å². The van der Waals surface area contributed by atoms with Crippen molar-refractivity contribution in [2.45, 2.75) is 24.8 Å². The second-order valence-electron chi connectivity index (χ2n) is 6.99. The van der Waals surface area contributed by atoms with Gasteiger partial charge in [0.05, 0.1) is 18.1 Å². The molecule has 0 saturated heterocycles. The first-order valence-corrected chi connectivity index (χ1v) is 14.1. The molecule has 31 heavy (non-hydrogen) atoms. The van der Waals surface area contributed by atoms with Crippen LogP contribution >= 0.6 is 6.49 Å². The second-order valence-corrected chi connectivity index (χ2v) is 12.2. The van der Waals surface area contributed by atoms with Crippen molar-refractivity contribution in [2.75, 3.05) is 13.2 Å². The van der Waals surface area contributed by atoms with Crippen LogP contribution in [0.3, 0.4) is 0 Å². The van der Waals surface area contributed by atoms with Gasteiger partial charge >= 0.3 is 0 Å². The molecule has 0 aliphatic carbocycles. The summed E-state index contributed by atoms with van der Waals surface area (Å²) in [7, 11) is -3.55. The van der Waals surface area contributed by atoms with Gasteiger partial charge in [-0.1, -0.05) is 66.2 Å². The first-order valence-electron chi connectivity index (χ1n) is 9.94. The lowest BCUT2D eigenvalue weighted by molar-refractivity contribution is 0.245. The Morgan fingerprint density at radius 2 is 1.48 bits per heavy atom. The van der Waals surface area contributed by atoms with E-state index in [0.29, 0.717) is 13.0 Å². The molecular weight excluding hydrogens is 449 g/mol. The Labute approximate surface area is 189 Å². The van der Waals surface area contributed by atoms with Crippen LogP contribution in [0.2, 0.25) is 0 Å². The van der Waals surface area contributed by atoms with Crippen LogP contribution in [0, 0.1) is 6.92 Å². The van der Waals surface area contributed by atoms with Gasteiger partial charge in [-0.25, -0.2) is 13.1 Å². The molecule has 0 spiro atoms. The fourth-order valence-electron chi connectivity index (χ4n) is 2.79. The topological polar surface area (TPSA) is 64.6 Å². The molecule has 1 N–H and O–H groups in total. The molecule has 3 aromatic carbocycles. The van der Waals surface area contributed by atoms with Crippen molar-refractivity contribution in [3.63, 3.8) is 0 Å². The standard InChI is InChI=1S/C23H26NO4PS2/c1-20-13-15-23(16-14-20)31(25,26)24-17-8-18-27-29(30,22-11-6-3-7-12-22)28-19-21-9-4-2-5-10-21/h2-7,9-16,24H,8,17-19H2,1H3. The number of rotatable bonds is 11. The molecule has 0 saturated carbocycles. The van der Waals surface area contributed by atoms with E-state index < -0.39 is 16.5 Å². The molecule has 0 radical (unpaired) electrons. The summed E-state index contributed by atoms with van der Waals surface area (Å²) in [5, 5.41) is 0.834. The Morgan fingerprint density at radius 3 is 2.13 bits per heavy atom. The molecule has 0 aliphatic rings. The normalized spacial score (nSPS) is 13.6. The van der Waals surface area contributed by atoms with E-state index in [2.05, 4.69) is 4.72 Å². The third-order valence-corrected chi connectivity index (χ3v) is 9.19. The van der Waals surface area contributed by atoms with Crippen molar-refractivity contribution >= 4 is 33.6 Å². The minimum Gasteiger partial charge on any atom is -0.326 e. The Bertz CT molecular complexity index is 1110. The average Bonchev–Trinajstić information content (AvgIpc) is 2.79.